The van der Waals surface area contributed by atoms with Crippen molar-refractivity contribution in [3.8, 4) is 0 Å². The van der Waals surface area contributed by atoms with Crippen molar-refractivity contribution < 1.29 is 9.59 Å². The van der Waals surface area contributed by atoms with Crippen LogP contribution in [0.3, 0.4) is 0 Å². The van der Waals surface area contributed by atoms with E-state index < -0.39 is 0 Å². The lowest BCUT2D eigenvalue weighted by atomic mass is 10.0. The first-order valence-corrected chi connectivity index (χ1v) is 7.62. The van der Waals surface area contributed by atoms with Crippen molar-refractivity contribution in [1.82, 2.24) is 0 Å². The lowest BCUT2D eigenvalue weighted by Crippen LogP contribution is -2.19. The number of halogens is 1. The van der Waals surface area contributed by atoms with E-state index in [1.165, 1.54) is 0 Å². The van der Waals surface area contributed by atoms with Crippen LogP contribution in [-0.2, 0) is 16.0 Å². The number of carbonyl (C=O) groups excluding carboxylic acids is 2. The van der Waals surface area contributed by atoms with Gasteiger partial charge >= 0.3 is 0 Å². The summed E-state index contributed by atoms with van der Waals surface area (Å²) in [5.74, 6) is 0.0966. The van der Waals surface area contributed by atoms with Gasteiger partial charge in [-0.3, -0.25) is 9.59 Å². The first kappa shape index (κ1) is 18.5. The van der Waals surface area contributed by atoms with Gasteiger partial charge in [0.2, 0.25) is 11.8 Å². The van der Waals surface area contributed by atoms with Crippen LogP contribution in [-0.4, -0.2) is 18.4 Å². The number of unbranched alkanes of at least 4 members (excludes halogenated alkanes) is 3. The van der Waals surface area contributed by atoms with Gasteiger partial charge in [-0.25, -0.2) is 0 Å². The number of amides is 2. The average molecular weight is 326 g/mol. The molecule has 0 radical (unpaired) electrons. The van der Waals surface area contributed by atoms with E-state index in [2.05, 4.69) is 10.6 Å². The number of anilines is 2. The molecule has 0 unspecified atom stereocenters. The Balaban J connectivity index is 0.00000242. The van der Waals surface area contributed by atoms with E-state index in [1.54, 1.807) is 0 Å². The zero-order chi connectivity index (χ0) is 15.1. The third-order valence-corrected chi connectivity index (χ3v) is 3.64. The van der Waals surface area contributed by atoms with Crippen LogP contribution < -0.4 is 16.4 Å². The van der Waals surface area contributed by atoms with Gasteiger partial charge in [-0.15, -0.1) is 12.4 Å². The Hall–Kier alpha value is -1.59. The van der Waals surface area contributed by atoms with Crippen LogP contribution in [0.5, 0.6) is 0 Å². The molecule has 6 heteroatoms. The van der Waals surface area contributed by atoms with E-state index in [1.807, 2.05) is 18.2 Å². The number of carbonyl (C=O) groups is 2. The summed E-state index contributed by atoms with van der Waals surface area (Å²) in [5, 5.41) is 5.75. The van der Waals surface area contributed by atoms with Crippen molar-refractivity contribution in [1.29, 1.82) is 0 Å². The van der Waals surface area contributed by atoms with E-state index >= 15 is 0 Å². The molecule has 0 aliphatic carbocycles. The predicted octanol–water partition coefficient (Wildman–Crippen LogP) is 2.84. The number of hydrogen-bond acceptors (Lipinski definition) is 3. The number of nitrogens with two attached hydrogens (primary N) is 1. The second-order valence-electron chi connectivity index (χ2n) is 5.42. The third kappa shape index (κ3) is 5.66. The van der Waals surface area contributed by atoms with Crippen LogP contribution in [0.4, 0.5) is 11.4 Å². The van der Waals surface area contributed by atoms with E-state index in [0.29, 0.717) is 12.8 Å². The zero-order valence-electron chi connectivity index (χ0n) is 12.7. The first-order chi connectivity index (χ1) is 10.2. The highest BCUT2D eigenvalue weighted by atomic mass is 35.5. The third-order valence-electron chi connectivity index (χ3n) is 3.64. The first-order valence-electron chi connectivity index (χ1n) is 7.62. The number of rotatable bonds is 7. The van der Waals surface area contributed by atoms with Crippen molar-refractivity contribution >= 4 is 35.6 Å². The van der Waals surface area contributed by atoms with Crippen molar-refractivity contribution in [3.05, 3.63) is 23.8 Å². The summed E-state index contributed by atoms with van der Waals surface area (Å²) in [6.45, 7) is 0.720. The largest absolute Gasteiger partial charge is 0.330 e. The molecule has 2 rings (SSSR count). The topological polar surface area (TPSA) is 84.2 Å². The number of fused-ring (bicyclic) bond motifs is 1. The van der Waals surface area contributed by atoms with Gasteiger partial charge in [-0.1, -0.05) is 12.8 Å². The molecule has 4 N–H and O–H groups in total. The number of benzene rings is 1. The minimum absolute atomic E-state index is 0. The molecular weight excluding hydrogens is 302 g/mol. The molecule has 0 atom stereocenters. The Morgan fingerprint density at radius 3 is 2.73 bits per heavy atom. The molecule has 1 aliphatic heterocycles. The molecule has 1 heterocycles. The molecule has 1 aromatic carbocycles. The summed E-state index contributed by atoms with van der Waals surface area (Å²) >= 11 is 0. The quantitative estimate of drug-likeness (QED) is 0.674. The lowest BCUT2D eigenvalue weighted by molar-refractivity contribution is -0.117. The molecule has 1 aromatic rings. The maximum absolute atomic E-state index is 11.9. The summed E-state index contributed by atoms with van der Waals surface area (Å²) in [6.07, 6.45) is 5.82. The van der Waals surface area contributed by atoms with Gasteiger partial charge in [0.05, 0.1) is 0 Å². The van der Waals surface area contributed by atoms with Gasteiger partial charge in [0.25, 0.3) is 0 Å². The van der Waals surface area contributed by atoms with Crippen molar-refractivity contribution in [3.63, 3.8) is 0 Å². The van der Waals surface area contributed by atoms with Gasteiger partial charge < -0.3 is 16.4 Å². The predicted molar refractivity (Wildman–Crippen MR) is 91.4 cm³/mol. The van der Waals surface area contributed by atoms with E-state index in [-0.39, 0.29) is 24.2 Å². The summed E-state index contributed by atoms with van der Waals surface area (Å²) in [6, 6.07) is 5.63. The number of aryl methyl sites for hydroxylation is 1. The monoisotopic (exact) mass is 325 g/mol. The van der Waals surface area contributed by atoms with Gasteiger partial charge in [0, 0.05) is 24.2 Å². The second-order valence-corrected chi connectivity index (χ2v) is 5.42. The fourth-order valence-electron chi connectivity index (χ4n) is 2.47. The molecule has 0 aromatic heterocycles. The smallest absolute Gasteiger partial charge is 0.224 e. The van der Waals surface area contributed by atoms with Crippen LogP contribution >= 0.6 is 12.4 Å². The van der Waals surface area contributed by atoms with Crippen molar-refractivity contribution in [2.24, 2.45) is 5.73 Å². The SMILES string of the molecule is Cl.NCCCCCCC(=O)Nc1ccc2c(c1)CCC(=O)N2. The van der Waals surface area contributed by atoms with E-state index in [9.17, 15) is 9.59 Å². The fourth-order valence-corrected chi connectivity index (χ4v) is 2.47. The van der Waals surface area contributed by atoms with Crippen molar-refractivity contribution in [2.75, 3.05) is 17.2 Å². The zero-order valence-corrected chi connectivity index (χ0v) is 13.5. The fraction of sp³-hybridized carbons (Fsp3) is 0.500. The van der Waals surface area contributed by atoms with Crippen LogP contribution in [0.15, 0.2) is 18.2 Å². The minimum atomic E-state index is 0. The van der Waals surface area contributed by atoms with Crippen molar-refractivity contribution in [2.45, 2.75) is 44.9 Å². The summed E-state index contributed by atoms with van der Waals surface area (Å²) in [5.41, 5.74) is 8.17. The van der Waals surface area contributed by atoms with Gasteiger partial charge in [0.15, 0.2) is 0 Å². The molecule has 5 nitrogen and oxygen atoms in total. The molecule has 0 spiro atoms. The standard InChI is InChI=1S/C16H23N3O2.ClH/c17-10-4-2-1-3-5-15(20)18-13-7-8-14-12(11-13)6-9-16(21)19-14;/h7-8,11H,1-6,9-10,17H2,(H,18,20)(H,19,21);1H. The maximum Gasteiger partial charge on any atom is 0.224 e. The Morgan fingerprint density at radius 1 is 1.18 bits per heavy atom. The highest BCUT2D eigenvalue weighted by Gasteiger charge is 2.15. The molecule has 2 amide bonds. The van der Waals surface area contributed by atoms with Gasteiger partial charge in [0.1, 0.15) is 0 Å². The average Bonchev–Trinajstić information content (AvgIpc) is 2.47. The Labute approximate surface area is 137 Å². The summed E-state index contributed by atoms with van der Waals surface area (Å²) < 4.78 is 0. The normalized spacial score (nSPS) is 12.9. The van der Waals surface area contributed by atoms with Gasteiger partial charge in [-0.05, 0) is 49.6 Å². The molecule has 0 saturated carbocycles. The molecular formula is C16H24ClN3O2. The molecule has 1 aliphatic rings. The molecule has 122 valence electrons. The Kier molecular flexibility index (Phi) is 7.91. The minimum Gasteiger partial charge on any atom is -0.330 e. The molecule has 0 saturated heterocycles. The van der Waals surface area contributed by atoms with Gasteiger partial charge in [-0.2, -0.15) is 0 Å². The number of hydrogen-bond donors (Lipinski definition) is 3. The van der Waals surface area contributed by atoms with Crippen LogP contribution in [0, 0.1) is 0 Å². The molecule has 0 bridgehead atoms. The number of nitrogens with one attached hydrogen (secondary N) is 2. The molecule has 22 heavy (non-hydrogen) atoms. The van der Waals surface area contributed by atoms with Crippen LogP contribution in [0.1, 0.15) is 44.1 Å². The van der Waals surface area contributed by atoms with E-state index in [4.69, 9.17) is 5.73 Å². The second kappa shape index (κ2) is 9.43. The van der Waals surface area contributed by atoms with Crippen LogP contribution in [0.2, 0.25) is 0 Å². The summed E-state index contributed by atoms with van der Waals surface area (Å²) in [4.78, 5) is 23.2. The van der Waals surface area contributed by atoms with E-state index in [0.717, 1.165) is 55.6 Å². The Morgan fingerprint density at radius 2 is 1.95 bits per heavy atom. The maximum atomic E-state index is 11.9. The Bertz CT molecular complexity index is 520. The summed E-state index contributed by atoms with van der Waals surface area (Å²) in [7, 11) is 0. The highest BCUT2D eigenvalue weighted by Crippen LogP contribution is 2.25. The van der Waals surface area contributed by atoms with Crippen LogP contribution in [0.25, 0.3) is 0 Å². The molecule has 0 fully saturated rings. The highest BCUT2D eigenvalue weighted by molar-refractivity contribution is 5.95. The lowest BCUT2D eigenvalue weighted by Gasteiger charge is -2.17.